The minimum Gasteiger partial charge on any atom is -0.475 e. The number of fused-ring (bicyclic) bond motifs is 1. The number of carbonyl (C=O) groups is 1. The predicted molar refractivity (Wildman–Crippen MR) is 101 cm³/mol. The van der Waals surface area contributed by atoms with E-state index in [-0.39, 0.29) is 30.3 Å². The average Bonchev–Trinajstić information content (AvgIpc) is 2.86. The number of halogens is 3. The smallest absolute Gasteiger partial charge is 0.416 e. The maximum Gasteiger partial charge on any atom is 0.416 e. The van der Waals surface area contributed by atoms with E-state index < -0.39 is 17.6 Å². The lowest BCUT2D eigenvalue weighted by atomic mass is 10.1. The van der Waals surface area contributed by atoms with Crippen LogP contribution in [0, 0.1) is 6.92 Å². The number of amides is 1. The van der Waals surface area contributed by atoms with Crippen molar-refractivity contribution >= 4 is 11.6 Å². The Morgan fingerprint density at radius 1 is 1.10 bits per heavy atom. The van der Waals surface area contributed by atoms with Crippen molar-refractivity contribution in [2.75, 3.05) is 18.1 Å². The van der Waals surface area contributed by atoms with Gasteiger partial charge in [-0.2, -0.15) is 18.2 Å². The largest absolute Gasteiger partial charge is 0.475 e. The van der Waals surface area contributed by atoms with Crippen molar-refractivity contribution in [1.82, 2.24) is 9.97 Å². The van der Waals surface area contributed by atoms with E-state index in [1.165, 1.54) is 23.2 Å². The Bertz CT molecular complexity index is 1080. The number of anilines is 1. The number of aryl methyl sites for hydroxylation is 1. The van der Waals surface area contributed by atoms with Gasteiger partial charge in [-0.1, -0.05) is 29.8 Å². The summed E-state index contributed by atoms with van der Waals surface area (Å²) in [4.78, 5) is 22.9. The molecular formula is C21H16F3N3O2. The monoisotopic (exact) mass is 399 g/mol. The van der Waals surface area contributed by atoms with Gasteiger partial charge in [0.1, 0.15) is 12.2 Å². The molecular weight excluding hydrogens is 383 g/mol. The van der Waals surface area contributed by atoms with Gasteiger partial charge in [0.05, 0.1) is 12.1 Å². The van der Waals surface area contributed by atoms with Crippen LogP contribution in [0.2, 0.25) is 0 Å². The van der Waals surface area contributed by atoms with E-state index in [2.05, 4.69) is 9.97 Å². The lowest BCUT2D eigenvalue weighted by Gasteiger charge is -2.21. The van der Waals surface area contributed by atoms with Crippen LogP contribution in [-0.4, -0.2) is 29.0 Å². The standard InChI is InChI=1S/C21H16F3N3O2/c1-13-4-2-5-14(10-13)18-25-12-17-19(26-18)29-9-8-27(20(17)28)16-7-3-6-15(11-16)21(22,23)24/h2-7,10-12H,8-9H2,1H3. The molecule has 0 bridgehead atoms. The van der Waals surface area contributed by atoms with E-state index in [1.807, 2.05) is 31.2 Å². The molecule has 4 rings (SSSR count). The predicted octanol–water partition coefficient (Wildman–Crippen LogP) is 4.51. The van der Waals surface area contributed by atoms with E-state index in [0.29, 0.717) is 5.82 Å². The van der Waals surface area contributed by atoms with Gasteiger partial charge in [0, 0.05) is 17.4 Å². The van der Waals surface area contributed by atoms with Crippen LogP contribution in [0.3, 0.4) is 0 Å². The molecule has 29 heavy (non-hydrogen) atoms. The first-order valence-electron chi connectivity index (χ1n) is 8.89. The lowest BCUT2D eigenvalue weighted by Crippen LogP contribution is -2.32. The Balaban J connectivity index is 1.70. The van der Waals surface area contributed by atoms with Crippen LogP contribution in [-0.2, 0) is 6.18 Å². The lowest BCUT2D eigenvalue weighted by molar-refractivity contribution is -0.137. The summed E-state index contributed by atoms with van der Waals surface area (Å²) in [6, 6.07) is 12.2. The third-order valence-corrected chi connectivity index (χ3v) is 4.54. The highest BCUT2D eigenvalue weighted by atomic mass is 19.4. The number of ether oxygens (including phenoxy) is 1. The zero-order chi connectivity index (χ0) is 20.6. The number of hydrogen-bond donors (Lipinski definition) is 0. The first-order valence-corrected chi connectivity index (χ1v) is 8.89. The van der Waals surface area contributed by atoms with Gasteiger partial charge in [0.15, 0.2) is 5.82 Å². The number of alkyl halides is 3. The van der Waals surface area contributed by atoms with E-state index in [9.17, 15) is 18.0 Å². The summed E-state index contributed by atoms with van der Waals surface area (Å²) in [5, 5.41) is 0. The van der Waals surface area contributed by atoms with Gasteiger partial charge in [-0.25, -0.2) is 4.98 Å². The Labute approximate surface area is 164 Å². The molecule has 0 spiro atoms. The molecule has 1 aliphatic rings. The molecule has 1 aliphatic heterocycles. The average molecular weight is 399 g/mol. The van der Waals surface area contributed by atoms with Crippen molar-refractivity contribution in [3.8, 4) is 17.3 Å². The molecule has 2 aromatic carbocycles. The number of benzene rings is 2. The first kappa shape index (κ1) is 18.9. The van der Waals surface area contributed by atoms with Crippen LogP contribution < -0.4 is 9.64 Å². The molecule has 1 aromatic heterocycles. The Morgan fingerprint density at radius 3 is 2.66 bits per heavy atom. The van der Waals surface area contributed by atoms with Gasteiger partial charge in [-0.05, 0) is 31.2 Å². The van der Waals surface area contributed by atoms with E-state index in [0.717, 1.165) is 23.3 Å². The Kier molecular flexibility index (Phi) is 4.70. The summed E-state index contributed by atoms with van der Waals surface area (Å²) in [5.74, 6) is 0.0244. The molecule has 2 heterocycles. The zero-order valence-electron chi connectivity index (χ0n) is 15.4. The number of hydrogen-bond acceptors (Lipinski definition) is 4. The van der Waals surface area contributed by atoms with E-state index in [4.69, 9.17) is 4.74 Å². The van der Waals surface area contributed by atoms with Crippen molar-refractivity contribution in [2.24, 2.45) is 0 Å². The Hall–Kier alpha value is -3.42. The highest BCUT2D eigenvalue weighted by Gasteiger charge is 2.32. The van der Waals surface area contributed by atoms with Crippen LogP contribution in [0.4, 0.5) is 18.9 Å². The topological polar surface area (TPSA) is 55.3 Å². The second-order valence-corrected chi connectivity index (χ2v) is 6.64. The van der Waals surface area contributed by atoms with E-state index >= 15 is 0 Å². The summed E-state index contributed by atoms with van der Waals surface area (Å²) < 4.78 is 44.7. The van der Waals surface area contributed by atoms with Crippen LogP contribution in [0.25, 0.3) is 11.4 Å². The van der Waals surface area contributed by atoms with Gasteiger partial charge >= 0.3 is 6.18 Å². The number of carbonyl (C=O) groups excluding carboxylic acids is 1. The number of nitrogens with zero attached hydrogens (tertiary/aromatic N) is 3. The van der Waals surface area contributed by atoms with Gasteiger partial charge in [-0.15, -0.1) is 0 Å². The second-order valence-electron chi connectivity index (χ2n) is 6.64. The van der Waals surface area contributed by atoms with Crippen molar-refractivity contribution in [3.05, 3.63) is 71.4 Å². The van der Waals surface area contributed by atoms with E-state index in [1.54, 1.807) is 0 Å². The fourth-order valence-electron chi connectivity index (χ4n) is 3.12. The molecule has 8 heteroatoms. The molecule has 0 radical (unpaired) electrons. The molecule has 3 aromatic rings. The second kappa shape index (κ2) is 7.20. The van der Waals surface area contributed by atoms with Crippen LogP contribution in [0.1, 0.15) is 21.5 Å². The molecule has 1 amide bonds. The fourth-order valence-corrected chi connectivity index (χ4v) is 3.12. The highest BCUT2D eigenvalue weighted by Crippen LogP contribution is 2.33. The summed E-state index contributed by atoms with van der Waals surface area (Å²) in [6.07, 6.45) is -3.14. The Morgan fingerprint density at radius 2 is 1.90 bits per heavy atom. The summed E-state index contributed by atoms with van der Waals surface area (Å²) >= 11 is 0. The first-order chi connectivity index (χ1) is 13.8. The summed E-state index contributed by atoms with van der Waals surface area (Å²) in [5.41, 5.74) is 1.25. The van der Waals surface area contributed by atoms with Crippen LogP contribution >= 0.6 is 0 Å². The maximum absolute atomic E-state index is 13.0. The van der Waals surface area contributed by atoms with Gasteiger partial charge in [0.2, 0.25) is 5.88 Å². The van der Waals surface area contributed by atoms with Gasteiger partial charge in [0.25, 0.3) is 5.91 Å². The highest BCUT2D eigenvalue weighted by molar-refractivity contribution is 6.07. The third-order valence-electron chi connectivity index (χ3n) is 4.54. The fraction of sp³-hybridized carbons (Fsp3) is 0.190. The quantitative estimate of drug-likeness (QED) is 0.636. The molecule has 148 valence electrons. The molecule has 0 fully saturated rings. The zero-order valence-corrected chi connectivity index (χ0v) is 15.4. The minimum atomic E-state index is -4.49. The van der Waals surface area contributed by atoms with Crippen LogP contribution in [0.15, 0.2) is 54.7 Å². The molecule has 5 nitrogen and oxygen atoms in total. The molecule has 0 saturated heterocycles. The summed E-state index contributed by atoms with van der Waals surface area (Å²) in [6.45, 7) is 2.13. The molecule has 0 atom stereocenters. The van der Waals surface area contributed by atoms with Gasteiger partial charge in [-0.3, -0.25) is 4.79 Å². The number of aromatic nitrogens is 2. The normalized spacial score (nSPS) is 14.2. The van der Waals surface area contributed by atoms with Crippen molar-refractivity contribution < 1.29 is 22.7 Å². The molecule has 0 saturated carbocycles. The molecule has 0 aliphatic carbocycles. The third kappa shape index (κ3) is 3.78. The molecule has 0 unspecified atom stereocenters. The minimum absolute atomic E-state index is 0.0935. The SMILES string of the molecule is Cc1cccc(-c2ncc3c(n2)OCCN(c2cccc(C(F)(F)F)c2)C3=O)c1. The molecule has 0 N–H and O–H groups in total. The van der Waals surface area contributed by atoms with Crippen molar-refractivity contribution in [3.63, 3.8) is 0 Å². The maximum atomic E-state index is 13.0. The van der Waals surface area contributed by atoms with Crippen LogP contribution in [0.5, 0.6) is 5.88 Å². The number of rotatable bonds is 2. The van der Waals surface area contributed by atoms with Gasteiger partial charge < -0.3 is 9.64 Å². The van der Waals surface area contributed by atoms with Crippen molar-refractivity contribution in [2.45, 2.75) is 13.1 Å². The van der Waals surface area contributed by atoms with Crippen molar-refractivity contribution in [1.29, 1.82) is 0 Å². The summed E-state index contributed by atoms with van der Waals surface area (Å²) in [7, 11) is 0.